The van der Waals surface area contributed by atoms with Crippen molar-refractivity contribution in [3.63, 3.8) is 0 Å². The van der Waals surface area contributed by atoms with Crippen LogP contribution in [0, 0.1) is 5.41 Å². The van der Waals surface area contributed by atoms with E-state index in [1.807, 2.05) is 79.2 Å². The number of nitrogens with zero attached hydrogens (tertiary/aromatic N) is 2. The molecule has 1 rings (SSSR count). The molecule has 230 valence electrons. The van der Waals surface area contributed by atoms with E-state index in [0.717, 1.165) is 0 Å². The highest BCUT2D eigenvalue weighted by Gasteiger charge is 2.52. The van der Waals surface area contributed by atoms with Crippen molar-refractivity contribution in [2.75, 3.05) is 19.8 Å². The number of nitrogens with one attached hydrogen (secondary N) is 2. The zero-order valence-electron chi connectivity index (χ0n) is 26.0. The third kappa shape index (κ3) is 12.3. The number of carbonyl (C=O) groups excluding carboxylic acids is 1. The molecule has 0 aliphatic carbocycles. The fourth-order valence-corrected chi connectivity index (χ4v) is 5.98. The lowest BCUT2D eigenvalue weighted by atomic mass is 9.94. The van der Waals surface area contributed by atoms with Crippen LogP contribution >= 0.6 is 7.60 Å². The van der Waals surface area contributed by atoms with Crippen molar-refractivity contribution in [1.82, 2.24) is 19.6 Å². The van der Waals surface area contributed by atoms with Gasteiger partial charge in [0.05, 0.1) is 19.8 Å². The van der Waals surface area contributed by atoms with Gasteiger partial charge in [0.15, 0.2) is 6.10 Å². The van der Waals surface area contributed by atoms with Gasteiger partial charge in [-0.3, -0.25) is 19.4 Å². The molecule has 1 aromatic heterocycles. The third-order valence-electron chi connectivity index (χ3n) is 4.67. The van der Waals surface area contributed by atoms with Gasteiger partial charge in [-0.25, -0.2) is 23.7 Å². The summed E-state index contributed by atoms with van der Waals surface area (Å²) in [6, 6.07) is 0. The quantitative estimate of drug-likeness (QED) is 0.210. The summed E-state index contributed by atoms with van der Waals surface area (Å²) in [5.74, 6) is -1.65. The molecule has 2 atom stereocenters. The summed E-state index contributed by atoms with van der Waals surface area (Å²) >= 11 is 0. The first-order valence-corrected chi connectivity index (χ1v) is 15.0. The van der Waals surface area contributed by atoms with Crippen LogP contribution in [0.3, 0.4) is 0 Å². The Morgan fingerprint density at radius 3 is 1.72 bits per heavy atom. The summed E-state index contributed by atoms with van der Waals surface area (Å²) in [6.45, 7) is 23.7. The molecule has 1 aromatic rings. The fourth-order valence-electron chi connectivity index (χ4n) is 3.30. The molecule has 0 aliphatic rings. The lowest BCUT2D eigenvalue weighted by molar-refractivity contribution is -0.263. The molecule has 0 spiro atoms. The van der Waals surface area contributed by atoms with Crippen molar-refractivity contribution < 1.29 is 28.0 Å². The number of hydrogen-bond donors (Lipinski definition) is 2. The largest absolute Gasteiger partial charge is 0.462 e. The lowest BCUT2D eigenvalue weighted by Crippen LogP contribution is -2.55. The maximum absolute atomic E-state index is 13.8. The second-order valence-corrected chi connectivity index (χ2v) is 12.0. The summed E-state index contributed by atoms with van der Waals surface area (Å²) in [7, 11) is -3.72. The van der Waals surface area contributed by atoms with Crippen molar-refractivity contribution in [2.45, 2.75) is 114 Å². The Labute approximate surface area is 232 Å². The van der Waals surface area contributed by atoms with Gasteiger partial charge < -0.3 is 13.8 Å². The highest BCUT2D eigenvalue weighted by Crippen LogP contribution is 2.60. The van der Waals surface area contributed by atoms with Crippen LogP contribution in [-0.4, -0.2) is 62.8 Å². The first-order valence-electron chi connectivity index (χ1n) is 13.4. The van der Waals surface area contributed by atoms with Crippen molar-refractivity contribution in [3.05, 3.63) is 31.5 Å². The summed E-state index contributed by atoms with van der Waals surface area (Å²) in [5.41, 5.74) is -4.15. The minimum Gasteiger partial charge on any atom is -0.462 e. The number of rotatable bonds is 12. The number of esters is 1. The van der Waals surface area contributed by atoms with E-state index in [4.69, 9.17) is 18.6 Å². The van der Waals surface area contributed by atoms with Gasteiger partial charge in [-0.15, -0.1) is 0 Å². The van der Waals surface area contributed by atoms with Crippen LogP contribution in [0.25, 0.3) is 0 Å². The van der Waals surface area contributed by atoms with Crippen molar-refractivity contribution in [3.8, 4) is 0 Å². The zero-order chi connectivity index (χ0) is 31.2. The van der Waals surface area contributed by atoms with Crippen LogP contribution in [0.4, 0.5) is 0 Å². The molecule has 0 amide bonds. The summed E-state index contributed by atoms with van der Waals surface area (Å²) in [4.78, 5) is 57.2. The molecule has 0 saturated carbocycles. The minimum absolute atomic E-state index is 0.155. The third-order valence-corrected chi connectivity index (χ3v) is 7.49. The predicted molar refractivity (Wildman–Crippen MR) is 152 cm³/mol. The van der Waals surface area contributed by atoms with E-state index < -0.39 is 53.5 Å². The second kappa shape index (κ2) is 17.6. The first kappa shape index (κ1) is 39.1. The van der Waals surface area contributed by atoms with Gasteiger partial charge in [0.2, 0.25) is 0 Å². The highest BCUT2D eigenvalue weighted by atomic mass is 31.2. The Morgan fingerprint density at radius 2 is 1.36 bits per heavy atom. The zero-order valence-corrected chi connectivity index (χ0v) is 26.9. The molecule has 0 aromatic carbocycles. The summed E-state index contributed by atoms with van der Waals surface area (Å²) in [5, 5.41) is 1.46. The van der Waals surface area contributed by atoms with Crippen LogP contribution in [0.2, 0.25) is 0 Å². The SMILES string of the molecule is CC.CC.CCOP(=O)(OCC)C(N(OC(C)C(=O)OCCn1c(=O)[nH]c(=O)[nH]c1=O)C(C)(C)C)C(C)(C)C. The standard InChI is InChI=1S/C21H39N4O9P.2C2H6/c1-10-32-35(30,33-11-2)16(20(4,5)6)25(21(7,8)9)34-14(3)15(26)31-13-12-24-18(28)22-17(27)23-19(24)29;2*1-2/h14,16H,10-13H2,1-9H3,(H2,22,23,27,28,29);2*1-2H3. The van der Waals surface area contributed by atoms with E-state index in [0.29, 0.717) is 4.57 Å². The van der Waals surface area contributed by atoms with Crippen molar-refractivity contribution >= 4 is 13.6 Å². The molecule has 0 radical (unpaired) electrons. The number of aromatic amines is 2. The second-order valence-electron chi connectivity index (χ2n) is 9.87. The number of H-pyrrole nitrogens is 2. The lowest BCUT2D eigenvalue weighted by Gasteiger charge is -2.47. The number of carbonyl (C=O) groups is 1. The Balaban J connectivity index is 0. The summed E-state index contributed by atoms with van der Waals surface area (Å²) in [6.07, 6.45) is -1.14. The Kier molecular flexibility index (Phi) is 17.6. The van der Waals surface area contributed by atoms with Crippen molar-refractivity contribution in [2.24, 2.45) is 5.41 Å². The van der Waals surface area contributed by atoms with E-state index >= 15 is 0 Å². The van der Waals surface area contributed by atoms with Gasteiger partial charge >= 0.3 is 30.6 Å². The van der Waals surface area contributed by atoms with E-state index in [-0.39, 0.29) is 26.4 Å². The number of ether oxygens (including phenoxy) is 1. The van der Waals surface area contributed by atoms with Crippen LogP contribution in [0.1, 0.15) is 90.0 Å². The fraction of sp³-hybridized carbons (Fsp3) is 0.840. The van der Waals surface area contributed by atoms with Gasteiger partial charge in [-0.2, -0.15) is 5.06 Å². The van der Waals surface area contributed by atoms with Crippen LogP contribution in [0.5, 0.6) is 0 Å². The van der Waals surface area contributed by atoms with Gasteiger partial charge in [0, 0.05) is 5.54 Å². The van der Waals surface area contributed by atoms with E-state index in [2.05, 4.69) is 0 Å². The van der Waals surface area contributed by atoms with E-state index in [1.54, 1.807) is 13.8 Å². The highest BCUT2D eigenvalue weighted by molar-refractivity contribution is 7.54. The maximum Gasteiger partial charge on any atom is 0.350 e. The van der Waals surface area contributed by atoms with Gasteiger partial charge in [-0.05, 0) is 47.0 Å². The molecule has 1 heterocycles. The smallest absolute Gasteiger partial charge is 0.350 e. The topological polar surface area (TPSA) is 162 Å². The van der Waals surface area contributed by atoms with Gasteiger partial charge in [-0.1, -0.05) is 48.5 Å². The Bertz CT molecular complexity index is 1020. The van der Waals surface area contributed by atoms with Crippen LogP contribution in [-0.2, 0) is 34.5 Å². The van der Waals surface area contributed by atoms with Crippen molar-refractivity contribution in [1.29, 1.82) is 0 Å². The number of hydroxylamine groups is 2. The maximum atomic E-state index is 13.8. The molecule has 2 N–H and O–H groups in total. The average molecular weight is 583 g/mol. The Hall–Kier alpha value is -2.05. The average Bonchev–Trinajstić information content (AvgIpc) is 2.81. The van der Waals surface area contributed by atoms with Crippen LogP contribution in [0.15, 0.2) is 14.4 Å². The van der Waals surface area contributed by atoms with E-state index in [1.165, 1.54) is 12.0 Å². The predicted octanol–water partition coefficient (Wildman–Crippen LogP) is 3.88. The molecule has 13 nitrogen and oxygen atoms in total. The normalized spacial score (nSPS) is 13.5. The molecule has 2 unspecified atom stereocenters. The molecule has 0 aliphatic heterocycles. The number of hydrogen-bond acceptors (Lipinski definition) is 10. The van der Waals surface area contributed by atoms with Crippen LogP contribution < -0.4 is 17.1 Å². The molecule has 39 heavy (non-hydrogen) atoms. The summed E-state index contributed by atoms with van der Waals surface area (Å²) < 4.78 is 31.0. The number of aromatic nitrogens is 3. The monoisotopic (exact) mass is 582 g/mol. The molecular formula is C25H51N4O9P. The molecule has 14 heteroatoms. The van der Waals surface area contributed by atoms with Gasteiger partial charge in [0.1, 0.15) is 12.4 Å². The first-order chi connectivity index (χ1) is 18.0. The molecule has 0 fully saturated rings. The van der Waals surface area contributed by atoms with E-state index in [9.17, 15) is 23.7 Å². The molecule has 0 bridgehead atoms. The molecule has 0 saturated heterocycles. The Morgan fingerprint density at radius 1 is 0.923 bits per heavy atom. The molecular weight excluding hydrogens is 531 g/mol. The minimum atomic E-state index is -3.72. The van der Waals surface area contributed by atoms with Gasteiger partial charge in [0.25, 0.3) is 0 Å².